The van der Waals surface area contributed by atoms with Gasteiger partial charge in [0.25, 0.3) is 0 Å². The second-order valence-electron chi connectivity index (χ2n) is 3.89. The lowest BCUT2D eigenvalue weighted by molar-refractivity contribution is 0.0524. The fraction of sp³-hybridized carbons (Fsp3) is 0.286. The van der Waals surface area contributed by atoms with Crippen LogP contribution in [0.3, 0.4) is 0 Å². The van der Waals surface area contributed by atoms with E-state index in [1.165, 1.54) is 0 Å². The molecule has 0 atom stereocenters. The van der Waals surface area contributed by atoms with E-state index in [2.05, 4.69) is 20.9 Å². The maximum absolute atomic E-state index is 11.8. The highest BCUT2D eigenvalue weighted by Crippen LogP contribution is 2.29. The number of aryl methyl sites for hydroxylation is 1. The third kappa shape index (κ3) is 3.22. The van der Waals surface area contributed by atoms with Crippen LogP contribution in [0.2, 0.25) is 0 Å². The van der Waals surface area contributed by atoms with Gasteiger partial charge in [-0.1, -0.05) is 6.92 Å². The number of nitrogens with zero attached hydrogens (tertiary/aromatic N) is 1. The van der Waals surface area contributed by atoms with Gasteiger partial charge in [0.2, 0.25) is 0 Å². The number of carbonyl (C=O) groups excluding carboxylic acids is 1. The summed E-state index contributed by atoms with van der Waals surface area (Å²) in [6.07, 6.45) is 0.703. The predicted octanol–water partition coefficient (Wildman–Crippen LogP) is 4.31. The van der Waals surface area contributed by atoms with Crippen molar-refractivity contribution in [2.75, 3.05) is 6.61 Å². The van der Waals surface area contributed by atoms with E-state index in [9.17, 15) is 4.79 Å². The molecule has 0 fully saturated rings. The summed E-state index contributed by atoms with van der Waals surface area (Å²) in [7, 11) is 0. The molecule has 0 amide bonds. The van der Waals surface area contributed by atoms with Gasteiger partial charge in [0.1, 0.15) is 0 Å². The van der Waals surface area contributed by atoms with Crippen molar-refractivity contribution in [3.63, 3.8) is 0 Å². The Balaban J connectivity index is 2.38. The number of thiophene rings is 1. The minimum atomic E-state index is -0.300. The topological polar surface area (TPSA) is 39.2 Å². The fourth-order valence-electron chi connectivity index (χ4n) is 1.75. The van der Waals surface area contributed by atoms with E-state index >= 15 is 0 Å². The fourth-order valence-corrected chi connectivity index (χ4v) is 3.15. The van der Waals surface area contributed by atoms with Gasteiger partial charge in [-0.2, -0.15) is 0 Å². The molecule has 2 aromatic rings. The quantitative estimate of drug-likeness (QED) is 0.779. The average molecular weight is 340 g/mol. The third-order valence-electron chi connectivity index (χ3n) is 2.62. The van der Waals surface area contributed by atoms with Crippen molar-refractivity contribution in [2.24, 2.45) is 0 Å². The molecule has 0 N–H and O–H groups in total. The summed E-state index contributed by atoms with van der Waals surface area (Å²) in [6.45, 7) is 4.16. The van der Waals surface area contributed by atoms with Crippen molar-refractivity contribution >= 4 is 33.2 Å². The molecule has 3 nitrogen and oxygen atoms in total. The molecule has 2 aromatic heterocycles. The van der Waals surface area contributed by atoms with Crippen LogP contribution in [0.4, 0.5) is 0 Å². The van der Waals surface area contributed by atoms with Gasteiger partial charge in [-0.15, -0.1) is 11.3 Å². The second-order valence-corrected chi connectivity index (χ2v) is 5.72. The highest BCUT2D eigenvalue weighted by atomic mass is 79.9. The number of pyridine rings is 1. The monoisotopic (exact) mass is 339 g/mol. The summed E-state index contributed by atoms with van der Waals surface area (Å²) < 4.78 is 6.08. The van der Waals surface area contributed by atoms with E-state index in [4.69, 9.17) is 4.74 Å². The van der Waals surface area contributed by atoms with Crippen molar-refractivity contribution in [1.29, 1.82) is 0 Å². The molecule has 0 aromatic carbocycles. The van der Waals surface area contributed by atoms with Crippen LogP contribution in [-0.2, 0) is 11.2 Å². The van der Waals surface area contributed by atoms with Gasteiger partial charge in [0.05, 0.1) is 28.4 Å². The molecule has 0 bridgehead atoms. The Hall–Kier alpha value is -1.20. The van der Waals surface area contributed by atoms with Crippen LogP contribution in [0.25, 0.3) is 10.6 Å². The Morgan fingerprint density at radius 1 is 1.42 bits per heavy atom. The van der Waals surface area contributed by atoms with Crippen molar-refractivity contribution in [1.82, 2.24) is 4.98 Å². The van der Waals surface area contributed by atoms with E-state index in [0.29, 0.717) is 18.6 Å². The number of carbonyl (C=O) groups is 1. The predicted molar refractivity (Wildman–Crippen MR) is 80.6 cm³/mol. The highest BCUT2D eigenvalue weighted by Gasteiger charge is 2.14. The summed E-state index contributed by atoms with van der Waals surface area (Å²) in [5, 5.41) is 2.02. The summed E-state index contributed by atoms with van der Waals surface area (Å²) in [4.78, 5) is 17.5. The van der Waals surface area contributed by atoms with E-state index in [-0.39, 0.29) is 5.97 Å². The molecule has 0 aliphatic rings. The normalized spacial score (nSPS) is 10.5. The molecule has 19 heavy (non-hydrogen) atoms. The molecule has 0 saturated heterocycles. The first-order valence-electron chi connectivity index (χ1n) is 6.07. The minimum Gasteiger partial charge on any atom is -0.462 e. The number of rotatable bonds is 4. The van der Waals surface area contributed by atoms with Crippen LogP contribution in [0.15, 0.2) is 28.1 Å². The molecule has 0 spiro atoms. The standard InChI is InChI=1S/C14H14BrNO2S/c1-3-11-10(14(17)18-4-2)5-6-12(16-11)13-7-9(15)8-19-13/h5-8H,3-4H2,1-2H3. The van der Waals surface area contributed by atoms with Gasteiger partial charge in [-0.05, 0) is 47.5 Å². The number of esters is 1. The van der Waals surface area contributed by atoms with Crippen LogP contribution in [0, 0.1) is 0 Å². The number of ether oxygens (including phenoxy) is 1. The number of hydrogen-bond donors (Lipinski definition) is 0. The minimum absolute atomic E-state index is 0.300. The molecular formula is C14H14BrNO2S. The maximum atomic E-state index is 11.8. The van der Waals surface area contributed by atoms with Gasteiger partial charge < -0.3 is 4.74 Å². The number of halogens is 1. The zero-order chi connectivity index (χ0) is 13.8. The molecule has 0 aliphatic carbocycles. The number of aromatic nitrogens is 1. The zero-order valence-electron chi connectivity index (χ0n) is 10.8. The maximum Gasteiger partial charge on any atom is 0.339 e. The average Bonchev–Trinajstić information content (AvgIpc) is 2.85. The third-order valence-corrected chi connectivity index (χ3v) is 4.34. The first-order valence-corrected chi connectivity index (χ1v) is 7.74. The Labute approximate surface area is 124 Å². The summed E-state index contributed by atoms with van der Waals surface area (Å²) >= 11 is 5.05. The van der Waals surface area contributed by atoms with Crippen molar-refractivity contribution in [3.8, 4) is 10.6 Å². The SMILES string of the molecule is CCOC(=O)c1ccc(-c2cc(Br)cs2)nc1CC. The molecule has 2 heterocycles. The summed E-state index contributed by atoms with van der Waals surface area (Å²) in [6, 6.07) is 5.69. The van der Waals surface area contributed by atoms with Gasteiger partial charge in [-0.25, -0.2) is 4.79 Å². The molecule has 0 aliphatic heterocycles. The molecule has 0 unspecified atom stereocenters. The lowest BCUT2D eigenvalue weighted by Gasteiger charge is -2.08. The highest BCUT2D eigenvalue weighted by molar-refractivity contribution is 9.10. The van der Waals surface area contributed by atoms with E-state index in [1.807, 2.05) is 24.4 Å². The second kappa shape index (κ2) is 6.30. The molecule has 5 heteroatoms. The Morgan fingerprint density at radius 3 is 2.79 bits per heavy atom. The smallest absolute Gasteiger partial charge is 0.339 e. The Bertz CT molecular complexity index is 595. The van der Waals surface area contributed by atoms with Crippen LogP contribution >= 0.6 is 27.3 Å². The zero-order valence-corrected chi connectivity index (χ0v) is 13.2. The van der Waals surface area contributed by atoms with Crippen molar-refractivity contribution in [3.05, 3.63) is 39.3 Å². The van der Waals surface area contributed by atoms with Gasteiger partial charge in [0, 0.05) is 9.85 Å². The summed E-state index contributed by atoms with van der Waals surface area (Å²) in [5.74, 6) is -0.300. The number of hydrogen-bond acceptors (Lipinski definition) is 4. The lowest BCUT2D eigenvalue weighted by atomic mass is 10.1. The van der Waals surface area contributed by atoms with Crippen molar-refractivity contribution < 1.29 is 9.53 Å². The molecule has 100 valence electrons. The van der Waals surface area contributed by atoms with Crippen LogP contribution in [0.5, 0.6) is 0 Å². The largest absolute Gasteiger partial charge is 0.462 e. The molecular weight excluding hydrogens is 326 g/mol. The van der Waals surface area contributed by atoms with E-state index in [0.717, 1.165) is 20.7 Å². The Kier molecular flexibility index (Phi) is 4.71. The Morgan fingerprint density at radius 2 is 2.21 bits per heavy atom. The van der Waals surface area contributed by atoms with Gasteiger partial charge >= 0.3 is 5.97 Å². The molecule has 0 saturated carbocycles. The molecule has 2 rings (SSSR count). The van der Waals surface area contributed by atoms with E-state index in [1.54, 1.807) is 24.3 Å². The first kappa shape index (κ1) is 14.2. The van der Waals surface area contributed by atoms with E-state index < -0.39 is 0 Å². The van der Waals surface area contributed by atoms with Gasteiger partial charge in [-0.3, -0.25) is 4.98 Å². The van der Waals surface area contributed by atoms with Crippen molar-refractivity contribution in [2.45, 2.75) is 20.3 Å². The molecule has 0 radical (unpaired) electrons. The van der Waals surface area contributed by atoms with Crippen LogP contribution in [0.1, 0.15) is 29.9 Å². The summed E-state index contributed by atoms with van der Waals surface area (Å²) in [5.41, 5.74) is 2.23. The van der Waals surface area contributed by atoms with Gasteiger partial charge in [0.15, 0.2) is 0 Å². The van der Waals surface area contributed by atoms with Crippen LogP contribution in [-0.4, -0.2) is 17.6 Å². The van der Waals surface area contributed by atoms with Crippen LogP contribution < -0.4 is 0 Å². The lowest BCUT2D eigenvalue weighted by Crippen LogP contribution is -2.09. The first-order chi connectivity index (χ1) is 9.15.